The van der Waals surface area contributed by atoms with E-state index in [1.807, 2.05) is 26.8 Å². The molecule has 3 aromatic carbocycles. The first kappa shape index (κ1) is 37.6. The largest absolute Gasteiger partial charge is 0.417 e. The minimum absolute atomic E-state index is 0.00289. The quantitative estimate of drug-likeness (QED) is 0.115. The lowest BCUT2D eigenvalue weighted by molar-refractivity contribution is -0.137. The Morgan fingerprint density at radius 1 is 0.881 bits per heavy atom. The van der Waals surface area contributed by atoms with E-state index in [0.717, 1.165) is 37.0 Å². The first-order valence-electron chi connectivity index (χ1n) is 13.6. The predicted octanol–water partition coefficient (Wildman–Crippen LogP) is 11.2. The Labute approximate surface area is 258 Å². The molecule has 0 aliphatic carbocycles. The molecule has 0 spiro atoms. The third kappa shape index (κ3) is 11.7. The third-order valence-electron chi connectivity index (χ3n) is 5.98. The van der Waals surface area contributed by atoms with Gasteiger partial charge < -0.3 is 5.32 Å². The van der Waals surface area contributed by atoms with E-state index >= 15 is 0 Å². The number of aryl methyl sites for hydroxylation is 2. The minimum Gasteiger partial charge on any atom is -0.322 e. The summed E-state index contributed by atoms with van der Waals surface area (Å²) < 4.78 is 52.5. The molecule has 2 unspecified atom stereocenters. The van der Waals surface area contributed by atoms with Crippen LogP contribution in [0.25, 0.3) is 0 Å². The molecule has 3 aromatic rings. The lowest BCUT2D eigenvalue weighted by Crippen LogP contribution is -2.16. The molecule has 2 atom stereocenters. The molecule has 0 radical (unpaired) electrons. The van der Waals surface area contributed by atoms with Gasteiger partial charge in [0.15, 0.2) is 5.78 Å². The van der Waals surface area contributed by atoms with Crippen molar-refractivity contribution in [3.8, 4) is 0 Å². The molecule has 0 heterocycles. The van der Waals surface area contributed by atoms with E-state index in [1.165, 1.54) is 26.0 Å². The zero-order valence-corrected chi connectivity index (χ0v) is 27.4. The van der Waals surface area contributed by atoms with Crippen molar-refractivity contribution in [1.82, 2.24) is 0 Å². The van der Waals surface area contributed by atoms with Crippen molar-refractivity contribution in [2.24, 2.45) is 0 Å². The summed E-state index contributed by atoms with van der Waals surface area (Å²) in [5.74, 6) is -0.645. The monoisotopic (exact) mass is 645 g/mol. The molecule has 0 saturated heterocycles. The summed E-state index contributed by atoms with van der Waals surface area (Å²) in [6.45, 7) is 10.9. The zero-order chi connectivity index (χ0) is 32.3. The van der Waals surface area contributed by atoms with Gasteiger partial charge in [-0.25, -0.2) is 4.39 Å². The van der Waals surface area contributed by atoms with Crippen molar-refractivity contribution in [1.29, 1.82) is 0 Å². The molecule has 1 N–H and O–H groups in total. The van der Waals surface area contributed by atoms with Crippen LogP contribution in [-0.2, 0) is 18.0 Å². The fourth-order valence-electron chi connectivity index (χ4n) is 3.84. The van der Waals surface area contributed by atoms with E-state index in [0.29, 0.717) is 33.7 Å². The number of alkyl halides is 4. The molecule has 0 fully saturated rings. The third-order valence-corrected chi connectivity index (χ3v) is 6.95. The summed E-state index contributed by atoms with van der Waals surface area (Å²) in [5, 5.41) is 1.09. The van der Waals surface area contributed by atoms with Gasteiger partial charge in [0.25, 0.3) is 5.91 Å². The maximum atomic E-state index is 13.4. The molecule has 230 valence electrons. The number of hydrogen-bond acceptors (Lipinski definition) is 2. The smallest absolute Gasteiger partial charge is 0.322 e. The van der Waals surface area contributed by atoms with Crippen molar-refractivity contribution in [3.63, 3.8) is 0 Å². The minimum atomic E-state index is -4.62. The van der Waals surface area contributed by atoms with Crippen LogP contribution in [0.15, 0.2) is 54.6 Å². The van der Waals surface area contributed by atoms with Gasteiger partial charge in [0.2, 0.25) is 0 Å². The van der Waals surface area contributed by atoms with E-state index in [-0.39, 0.29) is 11.5 Å². The van der Waals surface area contributed by atoms with E-state index in [4.69, 9.17) is 23.2 Å². The number of rotatable bonds is 8. The topological polar surface area (TPSA) is 46.2 Å². The van der Waals surface area contributed by atoms with Crippen LogP contribution < -0.4 is 5.32 Å². The Morgan fingerprint density at radius 2 is 1.48 bits per heavy atom. The van der Waals surface area contributed by atoms with E-state index < -0.39 is 28.1 Å². The van der Waals surface area contributed by atoms with E-state index in [9.17, 15) is 27.2 Å². The number of carbonyl (C=O) groups excluding carboxylic acids is 2. The van der Waals surface area contributed by atoms with Gasteiger partial charge in [-0.05, 0) is 75.6 Å². The van der Waals surface area contributed by atoms with Gasteiger partial charge >= 0.3 is 6.18 Å². The Hall–Kier alpha value is -2.47. The van der Waals surface area contributed by atoms with Crippen molar-refractivity contribution >= 4 is 49.8 Å². The number of amides is 1. The van der Waals surface area contributed by atoms with Crippen molar-refractivity contribution in [2.45, 2.75) is 78.8 Å². The summed E-state index contributed by atoms with van der Waals surface area (Å²) in [5.41, 5.74) is 2.05. The molecule has 3 rings (SSSR count). The highest BCUT2D eigenvalue weighted by molar-refractivity contribution is 7.18. The van der Waals surface area contributed by atoms with Gasteiger partial charge in [0.05, 0.1) is 10.6 Å². The fourth-order valence-corrected chi connectivity index (χ4v) is 4.70. The number of anilines is 1. The second kappa shape index (κ2) is 17.0. The maximum Gasteiger partial charge on any atom is 0.417 e. The van der Waals surface area contributed by atoms with Gasteiger partial charge in [0.1, 0.15) is 5.41 Å². The molecule has 0 saturated carbocycles. The summed E-state index contributed by atoms with van der Waals surface area (Å²) in [4.78, 5) is 24.3. The molecule has 10 heteroatoms. The highest BCUT2D eigenvalue weighted by Crippen LogP contribution is 2.38. The summed E-state index contributed by atoms with van der Waals surface area (Å²) in [6, 6.07) is 13.3. The first-order chi connectivity index (χ1) is 19.5. The van der Waals surface area contributed by atoms with Crippen molar-refractivity contribution in [2.75, 3.05) is 5.32 Å². The average Bonchev–Trinajstić information content (AvgIpc) is 2.91. The van der Waals surface area contributed by atoms with Crippen LogP contribution in [0.3, 0.4) is 0 Å². The van der Waals surface area contributed by atoms with Crippen LogP contribution in [0, 0.1) is 6.92 Å². The highest BCUT2D eigenvalue weighted by atomic mass is 35.5. The lowest BCUT2D eigenvalue weighted by atomic mass is 9.97. The molecule has 1 amide bonds. The fraction of sp³-hybridized carbons (Fsp3) is 0.375. The van der Waals surface area contributed by atoms with Crippen molar-refractivity contribution < 1.29 is 27.2 Å². The lowest BCUT2D eigenvalue weighted by Gasteiger charge is -2.16. The molecule has 42 heavy (non-hydrogen) atoms. The molecular formula is C32H38Cl2F4NO2P. The van der Waals surface area contributed by atoms with Crippen LogP contribution in [-0.4, -0.2) is 11.7 Å². The second-order valence-electron chi connectivity index (χ2n) is 9.59. The number of unbranched alkanes of at least 4 members (excludes halogenated alkanes) is 2. The molecular weight excluding hydrogens is 608 g/mol. The number of carbonyl (C=O) groups is 2. The normalized spacial score (nSPS) is 12.2. The highest BCUT2D eigenvalue weighted by Gasteiger charge is 2.33. The summed E-state index contributed by atoms with van der Waals surface area (Å²) >= 11 is 11.4. The number of nitrogens with one attached hydrogen (secondary N) is 1. The Balaban J connectivity index is 0.000000524. The van der Waals surface area contributed by atoms with Crippen LogP contribution in [0.2, 0.25) is 10.0 Å². The van der Waals surface area contributed by atoms with E-state index in [1.54, 1.807) is 24.3 Å². The zero-order valence-electron chi connectivity index (χ0n) is 24.7. The van der Waals surface area contributed by atoms with Crippen LogP contribution in [0.1, 0.15) is 96.9 Å². The SMILES string of the molecule is CC.CCCCCc1cc(C(C)=O)ccc1C(=O)Nc1ccc(Cl)c(C(F)(F)F)c1.Cc1ccc(Cl)c(C(C)(F)P)c1. The van der Waals surface area contributed by atoms with Gasteiger partial charge in [-0.3, -0.25) is 9.59 Å². The standard InChI is InChI=1S/C21H21ClF3NO2.C9H11ClFP.C2H6/c1-3-4-5-6-15-11-14(13(2)27)7-9-17(15)20(28)26-16-8-10-19(22)18(12-16)21(23,24)25;1-6-3-4-8(10)7(5-6)9(2,11)12;1-2/h7-12H,3-6H2,1-2H3,(H,26,28);3-5H,12H2,1-2H3;1-2H3. The Bertz CT molecular complexity index is 1360. The number of ketones is 1. The second-order valence-corrected chi connectivity index (χ2v) is 11.5. The molecule has 0 aliphatic heterocycles. The van der Waals surface area contributed by atoms with Gasteiger partial charge in [-0.2, -0.15) is 13.2 Å². The Kier molecular flexibility index (Phi) is 15.2. The number of benzene rings is 3. The maximum absolute atomic E-state index is 13.4. The average molecular weight is 647 g/mol. The molecule has 0 aromatic heterocycles. The van der Waals surface area contributed by atoms with Gasteiger partial charge in [-0.15, -0.1) is 0 Å². The number of halogens is 6. The van der Waals surface area contributed by atoms with Crippen molar-refractivity contribution in [3.05, 3.63) is 98.0 Å². The van der Waals surface area contributed by atoms with Crippen LogP contribution >= 0.6 is 32.4 Å². The van der Waals surface area contributed by atoms with E-state index in [2.05, 4.69) is 21.5 Å². The molecule has 0 aliphatic rings. The molecule has 0 bridgehead atoms. The molecule has 3 nitrogen and oxygen atoms in total. The van der Waals surface area contributed by atoms with Gasteiger partial charge in [-0.1, -0.05) is 89.8 Å². The van der Waals surface area contributed by atoms with Crippen LogP contribution in [0.4, 0.5) is 23.2 Å². The number of hydrogen-bond donors (Lipinski definition) is 1. The summed E-state index contributed by atoms with van der Waals surface area (Å²) in [7, 11) is 2.14. The first-order valence-corrected chi connectivity index (χ1v) is 14.9. The predicted molar refractivity (Wildman–Crippen MR) is 170 cm³/mol. The number of Topliss-reactive ketones (excluding diaryl/α,β-unsaturated/α-hetero) is 1. The van der Waals surface area contributed by atoms with Gasteiger partial charge in [0, 0.05) is 27.4 Å². The van der Waals surface area contributed by atoms with Crippen LogP contribution in [0.5, 0.6) is 0 Å². The Morgan fingerprint density at radius 3 is 2.00 bits per heavy atom. The summed E-state index contributed by atoms with van der Waals surface area (Å²) in [6.07, 6.45) is -1.20.